The molecule has 2 N–H and O–H groups in total. The first-order valence-corrected chi connectivity index (χ1v) is 13.0. The van der Waals surface area contributed by atoms with Crippen molar-refractivity contribution < 1.29 is 17.9 Å². The Morgan fingerprint density at radius 1 is 1.21 bits per heavy atom. The molecule has 2 aromatic heterocycles. The predicted octanol–water partition coefficient (Wildman–Crippen LogP) is 3.37. The molecule has 2 aliphatic rings. The van der Waals surface area contributed by atoms with Crippen LogP contribution in [0.25, 0.3) is 11.1 Å². The van der Waals surface area contributed by atoms with Gasteiger partial charge in [0.15, 0.2) is 0 Å². The number of aromatic amines is 1. The molecule has 1 aliphatic heterocycles. The summed E-state index contributed by atoms with van der Waals surface area (Å²) in [4.78, 5) is 8.57. The number of hydrogen-bond acceptors (Lipinski definition) is 8. The van der Waals surface area contributed by atoms with Gasteiger partial charge >= 0.3 is 0 Å². The molecule has 0 atom stereocenters. The van der Waals surface area contributed by atoms with Crippen molar-refractivity contribution in [3.8, 4) is 17.0 Å². The summed E-state index contributed by atoms with van der Waals surface area (Å²) in [6.07, 6.45) is 7.69. The Morgan fingerprint density at radius 2 is 2.03 bits per heavy atom. The molecular weight excluding hydrogens is 442 g/mol. The third-order valence-corrected chi connectivity index (χ3v) is 7.01. The minimum absolute atomic E-state index is 0.0999. The molecule has 5 rings (SSSR count). The van der Waals surface area contributed by atoms with Crippen LogP contribution in [-0.2, 0) is 27.4 Å². The molecule has 1 fully saturated rings. The van der Waals surface area contributed by atoms with E-state index in [4.69, 9.17) is 9.47 Å². The highest BCUT2D eigenvalue weighted by Crippen LogP contribution is 2.41. The van der Waals surface area contributed by atoms with Crippen LogP contribution in [0.5, 0.6) is 5.88 Å². The molecular formula is C23H27N5O4S. The van der Waals surface area contributed by atoms with E-state index in [1.54, 1.807) is 6.20 Å². The van der Waals surface area contributed by atoms with Crippen LogP contribution in [0.1, 0.15) is 36.0 Å². The number of aromatic nitrogens is 4. The number of fused-ring (bicyclic) bond motifs is 1. The van der Waals surface area contributed by atoms with Crippen molar-refractivity contribution >= 4 is 21.5 Å². The van der Waals surface area contributed by atoms with Crippen molar-refractivity contribution in [3.63, 3.8) is 0 Å². The zero-order valence-electron chi connectivity index (χ0n) is 18.7. The topological polar surface area (TPSA) is 119 Å². The summed E-state index contributed by atoms with van der Waals surface area (Å²) in [6.45, 7) is 3.49. The fourth-order valence-electron chi connectivity index (χ4n) is 4.58. The number of benzene rings is 1. The predicted molar refractivity (Wildman–Crippen MR) is 124 cm³/mol. The SMILES string of the molecule is Cc1cc2c(c(Nc3n[nH]c(S(C)(=O)=O)n3)c1-c1ccnc(OC3CCOCC3)c1)CCC2. The number of anilines is 2. The Morgan fingerprint density at radius 3 is 2.79 bits per heavy atom. The molecule has 0 saturated carbocycles. The van der Waals surface area contributed by atoms with Gasteiger partial charge in [0.25, 0.3) is 0 Å². The number of aryl methyl sites for hydroxylation is 2. The van der Waals surface area contributed by atoms with E-state index in [0.29, 0.717) is 19.1 Å². The summed E-state index contributed by atoms with van der Waals surface area (Å²) in [7, 11) is -3.48. The summed E-state index contributed by atoms with van der Waals surface area (Å²) < 4.78 is 35.2. The number of sulfone groups is 1. The number of rotatable bonds is 6. The standard InChI is InChI=1S/C23H27N5O4S/c1-14-12-15-4-3-5-18(15)21(25-22-26-23(28-27-22)33(2,29)30)20(14)16-6-9-24-19(13-16)32-17-7-10-31-11-8-17/h6,9,12-13,17H,3-5,7-8,10-11H2,1-2H3,(H2,25,26,27,28). The zero-order valence-corrected chi connectivity index (χ0v) is 19.5. The van der Waals surface area contributed by atoms with Crippen molar-refractivity contribution in [2.75, 3.05) is 24.8 Å². The summed E-state index contributed by atoms with van der Waals surface area (Å²) in [5.74, 6) is 0.812. The third kappa shape index (κ3) is 4.58. The molecule has 0 amide bonds. The highest BCUT2D eigenvalue weighted by Gasteiger charge is 2.24. The molecule has 1 saturated heterocycles. The Bertz CT molecular complexity index is 1280. The summed E-state index contributed by atoms with van der Waals surface area (Å²) >= 11 is 0. The quantitative estimate of drug-likeness (QED) is 0.564. The van der Waals surface area contributed by atoms with Gasteiger partial charge in [0.1, 0.15) is 6.10 Å². The molecule has 1 aliphatic carbocycles. The van der Waals surface area contributed by atoms with Crippen LogP contribution in [0.15, 0.2) is 29.6 Å². The fraction of sp³-hybridized carbons (Fsp3) is 0.435. The molecule has 10 heteroatoms. The van der Waals surface area contributed by atoms with Gasteiger partial charge in [-0.15, -0.1) is 5.10 Å². The number of hydrogen-bond donors (Lipinski definition) is 2. The van der Waals surface area contributed by atoms with Crippen molar-refractivity contribution in [2.45, 2.75) is 50.3 Å². The van der Waals surface area contributed by atoms with Crippen molar-refractivity contribution in [3.05, 3.63) is 41.1 Å². The van der Waals surface area contributed by atoms with Gasteiger partial charge < -0.3 is 14.8 Å². The molecule has 0 spiro atoms. The highest BCUT2D eigenvalue weighted by molar-refractivity contribution is 7.90. The maximum Gasteiger partial charge on any atom is 0.247 e. The van der Waals surface area contributed by atoms with Gasteiger partial charge in [0, 0.05) is 36.9 Å². The number of H-pyrrole nitrogens is 1. The lowest BCUT2D eigenvalue weighted by Crippen LogP contribution is -2.26. The van der Waals surface area contributed by atoms with E-state index < -0.39 is 9.84 Å². The first-order valence-electron chi connectivity index (χ1n) is 11.1. The van der Waals surface area contributed by atoms with E-state index in [1.165, 1.54) is 11.1 Å². The van der Waals surface area contributed by atoms with Crippen molar-refractivity contribution in [1.82, 2.24) is 20.2 Å². The van der Waals surface area contributed by atoms with E-state index in [2.05, 4.69) is 38.5 Å². The fourth-order valence-corrected chi connectivity index (χ4v) is 5.04. The van der Waals surface area contributed by atoms with Gasteiger partial charge in [-0.1, -0.05) is 6.07 Å². The van der Waals surface area contributed by atoms with Crippen LogP contribution in [0, 0.1) is 6.92 Å². The third-order valence-electron chi connectivity index (χ3n) is 6.13. The van der Waals surface area contributed by atoms with Gasteiger partial charge in [-0.3, -0.25) is 0 Å². The first-order chi connectivity index (χ1) is 15.9. The van der Waals surface area contributed by atoms with E-state index in [1.807, 2.05) is 12.1 Å². The largest absolute Gasteiger partial charge is 0.474 e. The van der Waals surface area contributed by atoms with Crippen LogP contribution in [0.3, 0.4) is 0 Å². The number of ether oxygens (including phenoxy) is 2. The lowest BCUT2D eigenvalue weighted by Gasteiger charge is -2.23. The van der Waals surface area contributed by atoms with Crippen molar-refractivity contribution in [1.29, 1.82) is 0 Å². The summed E-state index contributed by atoms with van der Waals surface area (Å²) in [6, 6.07) is 6.16. The van der Waals surface area contributed by atoms with Crippen LogP contribution in [0.2, 0.25) is 0 Å². The van der Waals surface area contributed by atoms with Crippen LogP contribution in [0.4, 0.5) is 11.6 Å². The van der Waals surface area contributed by atoms with E-state index in [0.717, 1.165) is 60.7 Å². The van der Waals surface area contributed by atoms with E-state index in [9.17, 15) is 8.42 Å². The van der Waals surface area contributed by atoms with Gasteiger partial charge in [0.2, 0.25) is 26.8 Å². The monoisotopic (exact) mass is 469 g/mol. The maximum atomic E-state index is 11.8. The Kier molecular flexibility index (Phi) is 5.79. The Hall–Kier alpha value is -2.98. The van der Waals surface area contributed by atoms with Gasteiger partial charge in [0.05, 0.1) is 18.9 Å². The van der Waals surface area contributed by atoms with E-state index >= 15 is 0 Å². The Labute approximate surface area is 192 Å². The summed E-state index contributed by atoms with van der Waals surface area (Å²) in [5.41, 5.74) is 6.52. The minimum Gasteiger partial charge on any atom is -0.474 e. The normalized spacial score (nSPS) is 16.5. The van der Waals surface area contributed by atoms with Crippen LogP contribution >= 0.6 is 0 Å². The average Bonchev–Trinajstić information content (AvgIpc) is 3.44. The van der Waals surface area contributed by atoms with E-state index in [-0.39, 0.29) is 17.2 Å². The lowest BCUT2D eigenvalue weighted by atomic mass is 9.93. The second-order valence-corrected chi connectivity index (χ2v) is 10.5. The highest BCUT2D eigenvalue weighted by atomic mass is 32.2. The van der Waals surface area contributed by atoms with Gasteiger partial charge in [-0.2, -0.15) is 4.98 Å². The second-order valence-electron chi connectivity index (χ2n) is 8.61. The first kappa shape index (κ1) is 21.8. The number of pyridine rings is 1. The van der Waals surface area contributed by atoms with Gasteiger partial charge in [-0.05, 0) is 54.5 Å². The zero-order chi connectivity index (χ0) is 23.0. The summed E-state index contributed by atoms with van der Waals surface area (Å²) in [5, 5.41) is 9.75. The second kappa shape index (κ2) is 8.75. The molecule has 174 valence electrons. The lowest BCUT2D eigenvalue weighted by molar-refractivity contribution is 0.0237. The molecule has 33 heavy (non-hydrogen) atoms. The molecule has 1 aromatic carbocycles. The average molecular weight is 470 g/mol. The number of nitrogens with one attached hydrogen (secondary N) is 2. The Balaban J connectivity index is 1.54. The van der Waals surface area contributed by atoms with Crippen LogP contribution < -0.4 is 10.1 Å². The minimum atomic E-state index is -3.48. The molecule has 3 aromatic rings. The molecule has 0 radical (unpaired) electrons. The van der Waals surface area contributed by atoms with Crippen molar-refractivity contribution in [2.24, 2.45) is 0 Å². The van der Waals surface area contributed by atoms with Gasteiger partial charge in [-0.25, -0.2) is 18.5 Å². The molecule has 9 nitrogen and oxygen atoms in total. The molecule has 0 unspecified atom stereocenters. The number of nitrogens with zero attached hydrogens (tertiary/aromatic N) is 3. The smallest absolute Gasteiger partial charge is 0.247 e. The molecule has 0 bridgehead atoms. The molecule has 3 heterocycles. The van der Waals surface area contributed by atoms with Crippen LogP contribution in [-0.4, -0.2) is 54.2 Å². The maximum absolute atomic E-state index is 11.8.